The maximum absolute atomic E-state index is 11.8. The van der Waals surface area contributed by atoms with Crippen molar-refractivity contribution in [2.45, 2.75) is 55.4 Å². The van der Waals surface area contributed by atoms with Gasteiger partial charge in [-0.25, -0.2) is 4.79 Å². The Hall–Kier alpha value is -1.75. The summed E-state index contributed by atoms with van der Waals surface area (Å²) < 4.78 is 5.33. The molecule has 1 aromatic heterocycles. The number of rotatable bonds is 2. The van der Waals surface area contributed by atoms with Crippen molar-refractivity contribution >= 4 is 5.97 Å². The molecule has 0 amide bonds. The van der Waals surface area contributed by atoms with E-state index in [0.717, 1.165) is 15.7 Å². The smallest absolute Gasteiger partial charge is 0.491 e. The summed E-state index contributed by atoms with van der Waals surface area (Å²) in [5, 5.41) is 0. The number of carbonyl (C=O) groups excluding carboxylic acids is 1. The summed E-state index contributed by atoms with van der Waals surface area (Å²) >= 11 is 0. The van der Waals surface area contributed by atoms with E-state index in [-0.39, 0.29) is 72.7 Å². The van der Waals surface area contributed by atoms with Crippen LogP contribution in [-0.2, 0) is 63.3 Å². The van der Waals surface area contributed by atoms with Gasteiger partial charge in [0.15, 0.2) is 5.97 Å². The zero-order chi connectivity index (χ0) is 25.8. The van der Waals surface area contributed by atoms with Gasteiger partial charge in [-0.05, 0) is 6.92 Å². The van der Waals surface area contributed by atoms with Crippen molar-refractivity contribution in [1.82, 2.24) is 9.55 Å². The number of aryl methyl sites for hydroxylation is 3. The maximum atomic E-state index is 11.8. The SMILES string of the molecule is CC.CC.C[CH-]C(=O)OC.Cc1[c-]cc(-n2c(=O)cc(C)[nH]c2=O)c(C)c1.[CH3-].[W+2].[Y].[c-]1ccccc1. The molecule has 0 spiro atoms. The minimum Gasteiger partial charge on any atom is -0.491 e. The van der Waals surface area contributed by atoms with Crippen LogP contribution in [0.2, 0.25) is 0 Å². The first-order chi connectivity index (χ1) is 15.8. The van der Waals surface area contributed by atoms with Crippen molar-refractivity contribution in [1.29, 1.82) is 0 Å². The normalized spacial score (nSPS) is 7.81. The van der Waals surface area contributed by atoms with Crippen molar-refractivity contribution in [3.63, 3.8) is 0 Å². The van der Waals surface area contributed by atoms with Gasteiger partial charge in [-0.15, -0.1) is 5.56 Å². The van der Waals surface area contributed by atoms with Gasteiger partial charge in [-0.1, -0.05) is 47.2 Å². The number of hydrogen-bond acceptors (Lipinski definition) is 4. The van der Waals surface area contributed by atoms with Gasteiger partial charge >= 0.3 is 26.8 Å². The molecule has 0 bridgehead atoms. The molecule has 0 atom stereocenters. The predicted octanol–water partition coefficient (Wildman–Crippen LogP) is 5.62. The Kier molecular flexibility index (Phi) is 34.2. The second kappa shape index (κ2) is 27.8. The summed E-state index contributed by atoms with van der Waals surface area (Å²) in [6, 6.07) is 20.5. The standard InChI is InChI=1S/C13H13N2O2.C6H5.C4H7O2.2C2H6.CH3.W.Y/c1-8-4-5-11(9(2)6-8)15-12(16)7-10(3)14-13(15)17;1-2-4-6-5-3-1;1-3-4(5)6-2;2*1-2;;;/h5-7H,1-3H3,(H,14,17);1-5H;3H,1-2H3;2*1-2H3;1H3;;/q3*-1;;;-1;+2;. The number of hydrogen-bond donors (Lipinski definition) is 1. The first-order valence-electron chi connectivity index (χ1n) is 10.9. The molecule has 197 valence electrons. The van der Waals surface area contributed by atoms with Crippen molar-refractivity contribution in [2.24, 2.45) is 0 Å². The molecule has 8 heteroatoms. The van der Waals surface area contributed by atoms with Crippen LogP contribution in [0.3, 0.4) is 0 Å². The number of H-pyrrole nitrogens is 1. The molecule has 0 aliphatic rings. The summed E-state index contributed by atoms with van der Waals surface area (Å²) in [5.41, 5.74) is 2.23. The van der Waals surface area contributed by atoms with Crippen molar-refractivity contribution in [3.8, 4) is 5.69 Å². The molecular formula is C28H40N2O4WY-2. The summed E-state index contributed by atoms with van der Waals surface area (Å²) in [6.07, 6.45) is 1.36. The molecule has 1 radical (unpaired) electrons. The van der Waals surface area contributed by atoms with E-state index >= 15 is 0 Å². The Morgan fingerprint density at radius 3 is 1.83 bits per heavy atom. The van der Waals surface area contributed by atoms with E-state index < -0.39 is 5.69 Å². The number of aromatic amines is 1. The third-order valence-corrected chi connectivity index (χ3v) is 3.63. The fourth-order valence-electron chi connectivity index (χ4n) is 2.28. The fourth-order valence-corrected chi connectivity index (χ4v) is 2.28. The van der Waals surface area contributed by atoms with Crippen LogP contribution in [0.1, 0.15) is 51.4 Å². The van der Waals surface area contributed by atoms with Gasteiger partial charge in [0.1, 0.15) is 0 Å². The van der Waals surface area contributed by atoms with Gasteiger partial charge < -0.3 is 17.1 Å². The number of nitrogens with zero attached hydrogens (tertiary/aromatic N) is 1. The Morgan fingerprint density at radius 1 is 1.00 bits per heavy atom. The van der Waals surface area contributed by atoms with E-state index in [1.54, 1.807) is 19.9 Å². The van der Waals surface area contributed by atoms with E-state index in [0.29, 0.717) is 11.4 Å². The molecule has 0 saturated carbocycles. The Morgan fingerprint density at radius 2 is 1.53 bits per heavy atom. The first-order valence-corrected chi connectivity index (χ1v) is 10.9. The monoisotopic (exact) mass is 741 g/mol. The molecular weight excluding hydrogens is 701 g/mol. The van der Waals surface area contributed by atoms with Crippen molar-refractivity contribution in [3.05, 3.63) is 112 Å². The zero-order valence-corrected chi connectivity index (χ0v) is 29.0. The number of benzene rings is 2. The van der Waals surface area contributed by atoms with Crippen LogP contribution in [-0.4, -0.2) is 22.6 Å². The molecule has 0 unspecified atom stereocenters. The van der Waals surface area contributed by atoms with E-state index in [1.165, 1.54) is 19.6 Å². The molecule has 3 aromatic rings. The zero-order valence-electron chi connectivity index (χ0n) is 23.3. The van der Waals surface area contributed by atoms with E-state index in [4.69, 9.17) is 0 Å². The average molecular weight is 741 g/mol. The third-order valence-electron chi connectivity index (χ3n) is 3.63. The van der Waals surface area contributed by atoms with Crippen molar-refractivity contribution < 1.29 is 63.3 Å². The van der Waals surface area contributed by atoms with Gasteiger partial charge in [-0.2, -0.15) is 67.1 Å². The van der Waals surface area contributed by atoms with Gasteiger partial charge in [-0.3, -0.25) is 20.6 Å². The number of methoxy groups -OCH3 is 1. The summed E-state index contributed by atoms with van der Waals surface area (Å²) in [7, 11) is 1.35. The molecule has 3 rings (SSSR count). The molecule has 6 nitrogen and oxygen atoms in total. The second-order valence-electron chi connectivity index (χ2n) is 6.00. The van der Waals surface area contributed by atoms with Crippen molar-refractivity contribution in [2.75, 3.05) is 7.11 Å². The fraction of sp³-hybridized carbons (Fsp3) is 0.321. The quantitative estimate of drug-likeness (QED) is 0.274. The molecule has 1 heterocycles. The summed E-state index contributed by atoms with van der Waals surface area (Å²) in [4.78, 5) is 36.1. The van der Waals surface area contributed by atoms with Gasteiger partial charge in [0, 0.05) is 44.5 Å². The summed E-state index contributed by atoms with van der Waals surface area (Å²) in [6.45, 7) is 15.1. The minimum absolute atomic E-state index is 0. The van der Waals surface area contributed by atoms with Crippen LogP contribution in [0.5, 0.6) is 0 Å². The molecule has 0 aliphatic carbocycles. The first kappa shape index (κ1) is 44.3. The number of carbonyl (C=O) groups is 1. The molecule has 1 N–H and O–H groups in total. The van der Waals surface area contributed by atoms with E-state index in [2.05, 4.69) is 21.9 Å². The molecule has 36 heavy (non-hydrogen) atoms. The summed E-state index contributed by atoms with van der Waals surface area (Å²) in [5.74, 6) is -0.282. The molecule has 0 fully saturated rings. The Labute approximate surface area is 257 Å². The predicted molar refractivity (Wildman–Crippen MR) is 142 cm³/mol. The van der Waals surface area contributed by atoms with Crippen LogP contribution in [0.25, 0.3) is 5.69 Å². The minimum atomic E-state index is -0.421. The van der Waals surface area contributed by atoms with Crippen LogP contribution in [0, 0.1) is 46.8 Å². The topological polar surface area (TPSA) is 81.2 Å². The molecule has 0 saturated heterocycles. The molecule has 0 aliphatic heterocycles. The number of aromatic nitrogens is 2. The van der Waals surface area contributed by atoms with E-state index in [9.17, 15) is 14.4 Å². The van der Waals surface area contributed by atoms with Crippen LogP contribution in [0.15, 0.2) is 58.1 Å². The number of ether oxygens (including phenoxy) is 1. The maximum Gasteiger partial charge on any atom is 2.00 e. The number of esters is 1. The third kappa shape index (κ3) is 18.5. The largest absolute Gasteiger partial charge is 2.00 e. The second-order valence-corrected chi connectivity index (χ2v) is 6.00. The van der Waals surface area contributed by atoms with Gasteiger partial charge in [0.05, 0.1) is 7.11 Å². The Balaban J connectivity index is -0.000000142. The molecule has 2 aromatic carbocycles. The van der Waals surface area contributed by atoms with E-state index in [1.807, 2.05) is 77.9 Å². The van der Waals surface area contributed by atoms with Crippen LogP contribution < -0.4 is 11.2 Å². The van der Waals surface area contributed by atoms with Gasteiger partial charge in [0.25, 0.3) is 0 Å². The van der Waals surface area contributed by atoms with Crippen LogP contribution in [0.4, 0.5) is 0 Å². The average Bonchev–Trinajstić information content (AvgIpc) is 2.84. The number of nitrogens with one attached hydrogen (secondary N) is 1. The Bertz CT molecular complexity index is 972. The van der Waals surface area contributed by atoms with Gasteiger partial charge in [0.2, 0.25) is 5.56 Å². The van der Waals surface area contributed by atoms with Crippen LogP contribution >= 0.6 is 0 Å².